The van der Waals surface area contributed by atoms with E-state index in [9.17, 15) is 0 Å². The molecule has 0 aliphatic heterocycles. The molecule has 0 saturated carbocycles. The Balaban J connectivity index is 1.44. The number of hydrogen-bond acceptors (Lipinski definition) is 8. The molecule has 0 amide bonds. The van der Waals surface area contributed by atoms with E-state index in [1.54, 1.807) is 16.8 Å². The van der Waals surface area contributed by atoms with Gasteiger partial charge >= 0.3 is 0 Å². The smallest absolute Gasteiger partial charge is 0.240 e. The summed E-state index contributed by atoms with van der Waals surface area (Å²) in [6.45, 7) is 2.04. The first-order valence-electron chi connectivity index (χ1n) is 9.67. The van der Waals surface area contributed by atoms with Crippen LogP contribution in [0.1, 0.15) is 11.5 Å². The second-order valence-electron chi connectivity index (χ2n) is 7.07. The Hall–Kier alpha value is -4.40. The highest BCUT2D eigenvalue weighted by molar-refractivity contribution is 5.96. The van der Waals surface area contributed by atoms with Crippen LogP contribution in [0.4, 0.5) is 0 Å². The van der Waals surface area contributed by atoms with Crippen molar-refractivity contribution < 1.29 is 9.26 Å². The lowest BCUT2D eigenvalue weighted by atomic mass is 10.2. The van der Waals surface area contributed by atoms with E-state index < -0.39 is 0 Å². The van der Waals surface area contributed by atoms with E-state index in [2.05, 4.69) is 30.4 Å². The van der Waals surface area contributed by atoms with Crippen LogP contribution in [0.15, 0.2) is 65.3 Å². The van der Waals surface area contributed by atoms with Crippen molar-refractivity contribution in [2.45, 2.75) is 13.5 Å². The maximum absolute atomic E-state index is 6.09. The summed E-state index contributed by atoms with van der Waals surface area (Å²) >= 11 is 0. The number of fused-ring (bicyclic) bond motifs is 4. The SMILES string of the molecule is Cc1cc(-c2nnc3c4ccccc4c(OCc4cnc5ccccc5n4)nn23)no1. The minimum atomic E-state index is 0.223. The summed E-state index contributed by atoms with van der Waals surface area (Å²) in [5, 5.41) is 19.0. The quantitative estimate of drug-likeness (QED) is 0.433. The maximum atomic E-state index is 6.09. The van der Waals surface area contributed by atoms with Gasteiger partial charge in [0.2, 0.25) is 11.7 Å². The van der Waals surface area contributed by atoms with Crippen molar-refractivity contribution in [1.29, 1.82) is 0 Å². The van der Waals surface area contributed by atoms with Crippen LogP contribution in [0, 0.1) is 6.92 Å². The van der Waals surface area contributed by atoms with Gasteiger partial charge in [0.1, 0.15) is 12.4 Å². The van der Waals surface area contributed by atoms with Crippen molar-refractivity contribution >= 4 is 27.5 Å². The molecular formula is C22H15N7O2. The molecule has 0 N–H and O–H groups in total. The number of aryl methyl sites for hydroxylation is 1. The van der Waals surface area contributed by atoms with E-state index in [0.29, 0.717) is 34.5 Å². The van der Waals surface area contributed by atoms with Crippen LogP contribution in [0.3, 0.4) is 0 Å². The highest BCUT2D eigenvalue weighted by Gasteiger charge is 2.18. The third kappa shape index (κ3) is 2.94. The summed E-state index contributed by atoms with van der Waals surface area (Å²) in [7, 11) is 0. The van der Waals surface area contributed by atoms with E-state index in [1.165, 1.54) is 0 Å². The second kappa shape index (κ2) is 6.84. The summed E-state index contributed by atoms with van der Waals surface area (Å²) in [6, 6.07) is 17.3. The summed E-state index contributed by atoms with van der Waals surface area (Å²) in [6.07, 6.45) is 1.71. The normalized spacial score (nSPS) is 11.5. The minimum absolute atomic E-state index is 0.223. The second-order valence-corrected chi connectivity index (χ2v) is 7.07. The molecule has 0 bridgehead atoms. The average molecular weight is 409 g/mol. The Morgan fingerprint density at radius 1 is 0.968 bits per heavy atom. The predicted octanol–water partition coefficient (Wildman–Crippen LogP) is 3.76. The zero-order valence-electron chi connectivity index (χ0n) is 16.4. The summed E-state index contributed by atoms with van der Waals surface area (Å²) in [4.78, 5) is 9.07. The van der Waals surface area contributed by atoms with Crippen LogP contribution in [0.25, 0.3) is 39.0 Å². The van der Waals surface area contributed by atoms with Gasteiger partial charge in [-0.3, -0.25) is 4.98 Å². The number of rotatable bonds is 4. The number of benzene rings is 2. The molecule has 6 rings (SSSR count). The van der Waals surface area contributed by atoms with Crippen molar-refractivity contribution in [2.75, 3.05) is 0 Å². The van der Waals surface area contributed by atoms with Crippen molar-refractivity contribution in [3.8, 4) is 17.4 Å². The Morgan fingerprint density at radius 2 is 1.77 bits per heavy atom. The van der Waals surface area contributed by atoms with Gasteiger partial charge in [-0.15, -0.1) is 15.3 Å². The van der Waals surface area contributed by atoms with Crippen molar-refractivity contribution in [2.24, 2.45) is 0 Å². The van der Waals surface area contributed by atoms with Gasteiger partial charge in [-0.25, -0.2) is 4.98 Å². The Morgan fingerprint density at radius 3 is 2.61 bits per heavy atom. The van der Waals surface area contributed by atoms with E-state index in [0.717, 1.165) is 21.8 Å². The van der Waals surface area contributed by atoms with Gasteiger partial charge in [-0.2, -0.15) is 4.52 Å². The Kier molecular flexibility index (Phi) is 3.85. The first-order valence-corrected chi connectivity index (χ1v) is 9.67. The minimum Gasteiger partial charge on any atom is -0.470 e. The van der Waals surface area contributed by atoms with Crippen LogP contribution in [0.5, 0.6) is 5.88 Å². The molecule has 0 aliphatic rings. The number of para-hydroxylation sites is 2. The number of nitrogens with zero attached hydrogens (tertiary/aromatic N) is 7. The summed E-state index contributed by atoms with van der Waals surface area (Å²) in [5.74, 6) is 1.60. The molecule has 9 nitrogen and oxygen atoms in total. The van der Waals surface area contributed by atoms with Crippen LogP contribution >= 0.6 is 0 Å². The van der Waals surface area contributed by atoms with Gasteiger partial charge in [-0.1, -0.05) is 35.5 Å². The van der Waals surface area contributed by atoms with E-state index in [-0.39, 0.29) is 6.61 Å². The zero-order valence-corrected chi connectivity index (χ0v) is 16.4. The number of ether oxygens (including phenoxy) is 1. The molecule has 6 aromatic rings. The molecule has 4 aromatic heterocycles. The van der Waals surface area contributed by atoms with Gasteiger partial charge in [0, 0.05) is 16.8 Å². The van der Waals surface area contributed by atoms with Crippen LogP contribution in [0.2, 0.25) is 0 Å². The largest absolute Gasteiger partial charge is 0.470 e. The molecule has 31 heavy (non-hydrogen) atoms. The molecule has 0 radical (unpaired) electrons. The lowest BCUT2D eigenvalue weighted by molar-refractivity contribution is 0.289. The van der Waals surface area contributed by atoms with Gasteiger partial charge in [-0.05, 0) is 25.1 Å². The van der Waals surface area contributed by atoms with E-state index >= 15 is 0 Å². The van der Waals surface area contributed by atoms with E-state index in [4.69, 9.17) is 9.26 Å². The highest BCUT2D eigenvalue weighted by atomic mass is 16.5. The number of aromatic nitrogens is 7. The monoisotopic (exact) mass is 409 g/mol. The van der Waals surface area contributed by atoms with Gasteiger partial charge in [0.25, 0.3) is 0 Å². The molecular weight excluding hydrogens is 394 g/mol. The van der Waals surface area contributed by atoms with Crippen LogP contribution in [-0.4, -0.2) is 34.9 Å². The molecule has 0 atom stereocenters. The maximum Gasteiger partial charge on any atom is 0.240 e. The molecule has 0 fully saturated rings. The first-order chi connectivity index (χ1) is 15.3. The fourth-order valence-electron chi connectivity index (χ4n) is 3.50. The molecule has 0 aliphatic carbocycles. The molecule has 0 unspecified atom stereocenters. The third-order valence-corrected chi connectivity index (χ3v) is 4.94. The highest BCUT2D eigenvalue weighted by Crippen LogP contribution is 2.29. The standard InChI is InChI=1S/C22H15N7O2/c1-13-10-19(28-31-13)21-26-25-20-15-6-2-3-7-16(15)22(27-29(20)21)30-12-14-11-23-17-8-4-5-9-18(17)24-14/h2-11H,12H2,1H3. The fourth-order valence-corrected chi connectivity index (χ4v) is 3.50. The summed E-state index contributed by atoms with van der Waals surface area (Å²) in [5.41, 5.74) is 3.54. The van der Waals surface area contributed by atoms with Crippen molar-refractivity contribution in [3.05, 3.63) is 72.2 Å². The molecule has 0 spiro atoms. The van der Waals surface area contributed by atoms with Gasteiger partial charge < -0.3 is 9.26 Å². The fraction of sp³-hybridized carbons (Fsp3) is 0.0909. The van der Waals surface area contributed by atoms with Gasteiger partial charge in [0.05, 0.1) is 22.9 Å². The zero-order chi connectivity index (χ0) is 20.8. The van der Waals surface area contributed by atoms with Gasteiger partial charge in [0.15, 0.2) is 11.3 Å². The van der Waals surface area contributed by atoms with Crippen molar-refractivity contribution in [1.82, 2.24) is 34.9 Å². The lowest BCUT2D eigenvalue weighted by Crippen LogP contribution is -2.05. The molecule has 0 saturated heterocycles. The third-order valence-electron chi connectivity index (χ3n) is 4.94. The molecule has 2 aromatic carbocycles. The molecule has 4 heterocycles. The first kappa shape index (κ1) is 17.5. The topological polar surface area (TPSA) is 104 Å². The van der Waals surface area contributed by atoms with Crippen LogP contribution in [-0.2, 0) is 6.61 Å². The Bertz CT molecular complexity index is 1570. The summed E-state index contributed by atoms with van der Waals surface area (Å²) < 4.78 is 12.9. The predicted molar refractivity (Wildman–Crippen MR) is 112 cm³/mol. The Labute approximate surface area is 175 Å². The number of hydrogen-bond donors (Lipinski definition) is 0. The van der Waals surface area contributed by atoms with E-state index in [1.807, 2.05) is 55.5 Å². The lowest BCUT2D eigenvalue weighted by Gasteiger charge is -2.09. The average Bonchev–Trinajstić information content (AvgIpc) is 3.43. The molecule has 150 valence electrons. The molecule has 9 heteroatoms. The van der Waals surface area contributed by atoms with Crippen LogP contribution < -0.4 is 4.74 Å². The van der Waals surface area contributed by atoms with Crippen molar-refractivity contribution in [3.63, 3.8) is 0 Å².